The van der Waals surface area contributed by atoms with Gasteiger partial charge in [-0.2, -0.15) is 0 Å². The lowest BCUT2D eigenvalue weighted by atomic mass is 11.9. The van der Waals surface area contributed by atoms with Gasteiger partial charge in [0.2, 0.25) is 0 Å². The lowest BCUT2D eigenvalue weighted by Crippen LogP contribution is -1.53. The number of hydrogen-bond acceptors (Lipinski definition) is 0. The van der Waals surface area contributed by atoms with E-state index < -0.39 is 0 Å². The third kappa shape index (κ3) is 1010. The predicted molar refractivity (Wildman–Crippen MR) is 27.5 cm³/mol. The van der Waals surface area contributed by atoms with Crippen molar-refractivity contribution in [1.82, 2.24) is 0 Å². The van der Waals surface area contributed by atoms with Crippen LogP contribution in [0.2, 0.25) is 13.1 Å². The molecule has 0 aromatic rings. The summed E-state index contributed by atoms with van der Waals surface area (Å²) in [7, 11) is 0.417. The summed E-state index contributed by atoms with van der Waals surface area (Å²) >= 11 is 0. The van der Waals surface area contributed by atoms with Crippen molar-refractivity contribution in [1.29, 1.82) is 0 Å². The fourth-order valence-electron chi connectivity index (χ4n) is 0. The zero-order valence-electron chi connectivity index (χ0n) is 3.71. The maximum atomic E-state index is 2.26. The van der Waals surface area contributed by atoms with Crippen LogP contribution < -0.4 is 0 Å². The molecule has 0 aromatic heterocycles. The van der Waals surface area contributed by atoms with Crippen molar-refractivity contribution < 1.29 is 11.0 Å². The molecular weight excluding hydrogens is 84.1 g/mol. The van der Waals surface area contributed by atoms with Crippen molar-refractivity contribution >= 4 is 9.52 Å². The van der Waals surface area contributed by atoms with Crippen LogP contribution in [0.5, 0.6) is 0 Å². The molecule has 0 aromatic carbocycles. The van der Waals surface area contributed by atoms with Crippen LogP contribution in [0.15, 0.2) is 0 Å². The second-order valence-corrected chi connectivity index (χ2v) is 2.12. The summed E-state index contributed by atoms with van der Waals surface area (Å²) in [6.07, 6.45) is 0. The van der Waals surface area contributed by atoms with Crippen LogP contribution >= 0.6 is 0 Å². The van der Waals surface area contributed by atoms with Gasteiger partial charge in [0.25, 0.3) is 0 Å². The van der Waals surface area contributed by atoms with Crippen LogP contribution in [0.4, 0.5) is 0 Å². The molecule has 0 aliphatic heterocycles. The largest absolute Gasteiger partial charge is 0.412 e. The SMILES string of the molecule is C[SiH2]C.O.O. The van der Waals surface area contributed by atoms with Gasteiger partial charge in [-0.15, -0.1) is 0 Å². The normalized spacial score (nSPS) is 3.60. The summed E-state index contributed by atoms with van der Waals surface area (Å²) in [6.45, 7) is 4.53. The van der Waals surface area contributed by atoms with E-state index in [1.54, 1.807) is 0 Å². The highest BCUT2D eigenvalue weighted by Crippen LogP contribution is 1.36. The average molecular weight is 96.2 g/mol. The molecule has 0 fully saturated rings. The van der Waals surface area contributed by atoms with Gasteiger partial charge < -0.3 is 11.0 Å². The lowest BCUT2D eigenvalue weighted by molar-refractivity contribution is 0.823. The van der Waals surface area contributed by atoms with Crippen molar-refractivity contribution in [3.8, 4) is 0 Å². The summed E-state index contributed by atoms with van der Waals surface area (Å²) in [5, 5.41) is 0. The molecule has 3 heteroatoms. The second-order valence-electron chi connectivity index (χ2n) is 0.707. The minimum atomic E-state index is 0. The Labute approximate surface area is 34.6 Å². The quantitative estimate of drug-likeness (QED) is 0.333. The highest BCUT2D eigenvalue weighted by Gasteiger charge is 1.38. The summed E-state index contributed by atoms with van der Waals surface area (Å²) in [6, 6.07) is 0. The maximum Gasteiger partial charge on any atom is 0.0135 e. The average Bonchev–Trinajstić information content (AvgIpc) is 0.918. The first-order chi connectivity index (χ1) is 1.41. The van der Waals surface area contributed by atoms with E-state index in [1.807, 2.05) is 0 Å². The molecule has 0 aliphatic carbocycles. The van der Waals surface area contributed by atoms with Gasteiger partial charge in [0.05, 0.1) is 0 Å². The Morgan fingerprint density at radius 1 is 1.00 bits per heavy atom. The molecule has 2 nitrogen and oxygen atoms in total. The lowest BCUT2D eigenvalue weighted by Gasteiger charge is -1.45. The molecule has 0 spiro atoms. The van der Waals surface area contributed by atoms with E-state index in [2.05, 4.69) is 13.1 Å². The smallest absolute Gasteiger partial charge is 0.0135 e. The first-order valence-electron chi connectivity index (χ1n) is 1.41. The molecule has 0 atom stereocenters. The minimum Gasteiger partial charge on any atom is -0.412 e. The van der Waals surface area contributed by atoms with E-state index in [-0.39, 0.29) is 11.0 Å². The van der Waals surface area contributed by atoms with Crippen molar-refractivity contribution in [2.24, 2.45) is 0 Å². The first-order valence-corrected chi connectivity index (χ1v) is 4.24. The highest BCUT2D eigenvalue weighted by molar-refractivity contribution is 6.31. The fraction of sp³-hybridized carbons (Fsp3) is 1.00. The van der Waals surface area contributed by atoms with Gasteiger partial charge in [-0.1, -0.05) is 13.1 Å². The molecule has 0 heterocycles. The van der Waals surface area contributed by atoms with Crippen LogP contribution in [0, 0.1) is 0 Å². The molecule has 5 heavy (non-hydrogen) atoms. The van der Waals surface area contributed by atoms with Gasteiger partial charge in [0.15, 0.2) is 0 Å². The molecule has 0 amide bonds. The Balaban J connectivity index is -0.0000000200. The minimum absolute atomic E-state index is 0. The Kier molecular flexibility index (Phi) is 121. The van der Waals surface area contributed by atoms with E-state index >= 15 is 0 Å². The van der Waals surface area contributed by atoms with Crippen molar-refractivity contribution in [2.45, 2.75) is 13.1 Å². The third-order valence-electron chi connectivity index (χ3n) is 0. The molecule has 0 aliphatic rings. The van der Waals surface area contributed by atoms with Crippen LogP contribution in [0.25, 0.3) is 0 Å². The Hall–Kier alpha value is 0.137. The zero-order chi connectivity index (χ0) is 2.71. The van der Waals surface area contributed by atoms with Gasteiger partial charge in [-0.25, -0.2) is 0 Å². The maximum absolute atomic E-state index is 2.26. The third-order valence-corrected chi connectivity index (χ3v) is 0. The monoisotopic (exact) mass is 96.1 g/mol. The topological polar surface area (TPSA) is 63.0 Å². The molecule has 0 unspecified atom stereocenters. The summed E-state index contributed by atoms with van der Waals surface area (Å²) in [4.78, 5) is 0. The van der Waals surface area contributed by atoms with E-state index in [1.165, 1.54) is 0 Å². The zero-order valence-corrected chi connectivity index (χ0v) is 5.12. The van der Waals surface area contributed by atoms with Crippen molar-refractivity contribution in [3.05, 3.63) is 0 Å². The van der Waals surface area contributed by atoms with E-state index in [9.17, 15) is 0 Å². The van der Waals surface area contributed by atoms with Crippen molar-refractivity contribution in [2.75, 3.05) is 0 Å². The molecule has 0 rings (SSSR count). The summed E-state index contributed by atoms with van der Waals surface area (Å²) < 4.78 is 0. The Morgan fingerprint density at radius 2 is 1.00 bits per heavy atom. The van der Waals surface area contributed by atoms with Gasteiger partial charge in [-0.05, 0) is 0 Å². The van der Waals surface area contributed by atoms with E-state index in [4.69, 9.17) is 0 Å². The van der Waals surface area contributed by atoms with E-state index in [0.29, 0.717) is 9.52 Å². The molecular formula is C2H12O2Si. The highest BCUT2D eigenvalue weighted by atomic mass is 28.2. The Morgan fingerprint density at radius 3 is 1.00 bits per heavy atom. The molecule has 36 valence electrons. The summed E-state index contributed by atoms with van der Waals surface area (Å²) in [5.41, 5.74) is 0. The van der Waals surface area contributed by atoms with Crippen LogP contribution in [0.3, 0.4) is 0 Å². The van der Waals surface area contributed by atoms with Gasteiger partial charge >= 0.3 is 0 Å². The summed E-state index contributed by atoms with van der Waals surface area (Å²) in [5.74, 6) is 0. The first kappa shape index (κ1) is 19.3. The molecule has 0 radical (unpaired) electrons. The van der Waals surface area contributed by atoms with Gasteiger partial charge in [0, 0.05) is 9.52 Å². The van der Waals surface area contributed by atoms with Gasteiger partial charge in [0.1, 0.15) is 0 Å². The van der Waals surface area contributed by atoms with Crippen LogP contribution in [0.1, 0.15) is 0 Å². The van der Waals surface area contributed by atoms with Crippen LogP contribution in [-0.2, 0) is 0 Å². The second kappa shape index (κ2) is 31.5. The van der Waals surface area contributed by atoms with Crippen molar-refractivity contribution in [3.63, 3.8) is 0 Å². The molecule has 4 N–H and O–H groups in total. The number of rotatable bonds is 0. The molecule has 0 bridgehead atoms. The predicted octanol–water partition coefficient (Wildman–Crippen LogP) is -1.40. The van der Waals surface area contributed by atoms with E-state index in [0.717, 1.165) is 0 Å². The van der Waals surface area contributed by atoms with Crippen LogP contribution in [-0.4, -0.2) is 20.5 Å². The molecule has 0 saturated carbocycles. The van der Waals surface area contributed by atoms with Gasteiger partial charge in [-0.3, -0.25) is 0 Å². The molecule has 0 saturated heterocycles. The standard InChI is InChI=1S/C2H8Si.2H2O/c1-3-2;;/h3H2,1-2H3;2*1H2. The Bertz CT molecular complexity index is 7.61. The fourth-order valence-corrected chi connectivity index (χ4v) is 0. The number of hydrogen-bond donors (Lipinski definition) is 0.